The number of carbonyl (C=O) groups excluding carboxylic acids is 1. The standard InChI is InChI=1S/C20H23N3O/c1-23(2)19(15-8-4-3-5-9-15)20(24)21-13-12-16-14-22-18-11-7-6-10-17(16)18/h3-11,14,19,22H,12-13H2,1-2H3,(H,21,24). The topological polar surface area (TPSA) is 48.1 Å². The third kappa shape index (κ3) is 3.49. The van der Waals surface area contributed by atoms with Crippen LogP contribution in [0.5, 0.6) is 0 Å². The van der Waals surface area contributed by atoms with Gasteiger partial charge in [0.2, 0.25) is 5.91 Å². The van der Waals surface area contributed by atoms with Crippen LogP contribution in [0.3, 0.4) is 0 Å². The number of rotatable bonds is 6. The maximum absolute atomic E-state index is 12.6. The van der Waals surface area contributed by atoms with Crippen molar-refractivity contribution < 1.29 is 4.79 Å². The number of aromatic nitrogens is 1. The zero-order chi connectivity index (χ0) is 16.9. The Kier molecular flexibility index (Phi) is 4.96. The Bertz CT molecular complexity index is 808. The van der Waals surface area contributed by atoms with Crippen molar-refractivity contribution in [1.82, 2.24) is 15.2 Å². The summed E-state index contributed by atoms with van der Waals surface area (Å²) in [6.45, 7) is 0.623. The number of H-pyrrole nitrogens is 1. The van der Waals surface area contributed by atoms with Crippen molar-refractivity contribution in [1.29, 1.82) is 0 Å². The van der Waals surface area contributed by atoms with Gasteiger partial charge in [0.05, 0.1) is 0 Å². The predicted molar refractivity (Wildman–Crippen MR) is 97.9 cm³/mol. The number of amides is 1. The van der Waals surface area contributed by atoms with Crippen LogP contribution < -0.4 is 5.32 Å². The Morgan fingerprint density at radius 2 is 1.79 bits per heavy atom. The largest absolute Gasteiger partial charge is 0.361 e. The van der Waals surface area contributed by atoms with Gasteiger partial charge in [0.1, 0.15) is 6.04 Å². The first kappa shape index (κ1) is 16.3. The molecule has 0 radical (unpaired) electrons. The lowest BCUT2D eigenvalue weighted by molar-refractivity contribution is -0.125. The molecule has 1 atom stereocenters. The lowest BCUT2D eigenvalue weighted by atomic mass is 10.1. The number of para-hydroxylation sites is 1. The van der Waals surface area contributed by atoms with Crippen molar-refractivity contribution in [3.8, 4) is 0 Å². The van der Waals surface area contributed by atoms with Crippen LogP contribution in [0.15, 0.2) is 60.8 Å². The summed E-state index contributed by atoms with van der Waals surface area (Å²) >= 11 is 0. The molecule has 0 bridgehead atoms. The molecule has 4 nitrogen and oxygen atoms in total. The van der Waals surface area contributed by atoms with Gasteiger partial charge in [-0.2, -0.15) is 0 Å². The molecule has 0 fully saturated rings. The summed E-state index contributed by atoms with van der Waals surface area (Å²) < 4.78 is 0. The average Bonchev–Trinajstić information content (AvgIpc) is 2.99. The molecule has 0 aliphatic rings. The lowest BCUT2D eigenvalue weighted by Crippen LogP contribution is -2.37. The van der Waals surface area contributed by atoms with Crippen LogP contribution in [-0.2, 0) is 11.2 Å². The third-order valence-corrected chi connectivity index (χ3v) is 4.25. The van der Waals surface area contributed by atoms with Gasteiger partial charge in [0.25, 0.3) is 0 Å². The Hall–Kier alpha value is -2.59. The third-order valence-electron chi connectivity index (χ3n) is 4.25. The van der Waals surface area contributed by atoms with Crippen LogP contribution in [0.4, 0.5) is 0 Å². The number of carbonyl (C=O) groups is 1. The molecule has 124 valence electrons. The molecule has 24 heavy (non-hydrogen) atoms. The van der Waals surface area contributed by atoms with Gasteiger partial charge in [-0.15, -0.1) is 0 Å². The molecule has 0 spiro atoms. The predicted octanol–water partition coefficient (Wildman–Crippen LogP) is 3.13. The summed E-state index contributed by atoms with van der Waals surface area (Å²) in [6, 6.07) is 17.8. The highest BCUT2D eigenvalue weighted by Crippen LogP contribution is 2.19. The highest BCUT2D eigenvalue weighted by atomic mass is 16.2. The number of aromatic amines is 1. The summed E-state index contributed by atoms with van der Waals surface area (Å²) in [6.07, 6.45) is 2.84. The van der Waals surface area contributed by atoms with E-state index in [4.69, 9.17) is 0 Å². The quantitative estimate of drug-likeness (QED) is 0.733. The summed E-state index contributed by atoms with van der Waals surface area (Å²) in [4.78, 5) is 17.8. The first-order chi connectivity index (χ1) is 11.7. The highest BCUT2D eigenvalue weighted by molar-refractivity contribution is 5.84. The first-order valence-electron chi connectivity index (χ1n) is 8.21. The molecule has 0 saturated carbocycles. The van der Waals surface area contributed by atoms with Crippen molar-refractivity contribution in [3.05, 3.63) is 71.9 Å². The number of fused-ring (bicyclic) bond motifs is 1. The van der Waals surface area contributed by atoms with Crippen molar-refractivity contribution in [3.63, 3.8) is 0 Å². The number of nitrogens with one attached hydrogen (secondary N) is 2. The van der Waals surface area contributed by atoms with Crippen molar-refractivity contribution in [2.24, 2.45) is 0 Å². The van der Waals surface area contributed by atoms with E-state index in [-0.39, 0.29) is 11.9 Å². The van der Waals surface area contributed by atoms with Crippen LogP contribution in [0.2, 0.25) is 0 Å². The van der Waals surface area contributed by atoms with E-state index < -0.39 is 0 Å². The minimum absolute atomic E-state index is 0.0334. The van der Waals surface area contributed by atoms with Gasteiger partial charge in [-0.05, 0) is 37.7 Å². The minimum atomic E-state index is -0.269. The first-order valence-corrected chi connectivity index (χ1v) is 8.21. The molecule has 3 rings (SSSR count). The Labute approximate surface area is 142 Å². The fourth-order valence-electron chi connectivity index (χ4n) is 3.07. The molecular weight excluding hydrogens is 298 g/mol. The van der Waals surface area contributed by atoms with Crippen LogP contribution in [0, 0.1) is 0 Å². The van der Waals surface area contributed by atoms with Gasteiger partial charge in [-0.25, -0.2) is 0 Å². The number of hydrogen-bond donors (Lipinski definition) is 2. The van der Waals surface area contributed by atoms with Gasteiger partial charge in [-0.1, -0.05) is 48.5 Å². The molecular formula is C20H23N3O. The maximum atomic E-state index is 12.6. The van der Waals surface area contributed by atoms with Gasteiger partial charge >= 0.3 is 0 Å². The zero-order valence-electron chi connectivity index (χ0n) is 14.1. The minimum Gasteiger partial charge on any atom is -0.361 e. The van der Waals surface area contributed by atoms with Crippen LogP contribution >= 0.6 is 0 Å². The van der Waals surface area contributed by atoms with Gasteiger partial charge in [0.15, 0.2) is 0 Å². The molecule has 1 heterocycles. The van der Waals surface area contributed by atoms with E-state index >= 15 is 0 Å². The van der Waals surface area contributed by atoms with E-state index in [0.717, 1.165) is 17.5 Å². The van der Waals surface area contributed by atoms with Gasteiger partial charge in [-0.3, -0.25) is 9.69 Å². The summed E-state index contributed by atoms with van der Waals surface area (Å²) in [7, 11) is 3.85. The van der Waals surface area contributed by atoms with E-state index in [1.165, 1.54) is 10.9 Å². The monoisotopic (exact) mass is 321 g/mol. The van der Waals surface area contributed by atoms with Crippen molar-refractivity contribution in [2.75, 3.05) is 20.6 Å². The number of benzene rings is 2. The van der Waals surface area contributed by atoms with Gasteiger partial charge < -0.3 is 10.3 Å². The van der Waals surface area contributed by atoms with Crippen LogP contribution in [0.1, 0.15) is 17.2 Å². The molecule has 3 aromatic rings. The van der Waals surface area contributed by atoms with E-state index in [2.05, 4.69) is 22.4 Å². The highest BCUT2D eigenvalue weighted by Gasteiger charge is 2.22. The molecule has 1 unspecified atom stereocenters. The lowest BCUT2D eigenvalue weighted by Gasteiger charge is -2.23. The Balaban J connectivity index is 1.64. The van der Waals surface area contributed by atoms with Crippen LogP contribution in [-0.4, -0.2) is 36.4 Å². The van der Waals surface area contributed by atoms with Gasteiger partial charge in [0, 0.05) is 23.6 Å². The summed E-state index contributed by atoms with van der Waals surface area (Å²) in [5.74, 6) is 0.0334. The Morgan fingerprint density at radius 3 is 2.54 bits per heavy atom. The summed E-state index contributed by atoms with van der Waals surface area (Å²) in [5.41, 5.74) is 3.37. The van der Waals surface area contributed by atoms with Crippen LogP contribution in [0.25, 0.3) is 10.9 Å². The molecule has 0 saturated heterocycles. The second-order valence-corrected chi connectivity index (χ2v) is 6.18. The average molecular weight is 321 g/mol. The second kappa shape index (κ2) is 7.32. The second-order valence-electron chi connectivity index (χ2n) is 6.18. The number of likely N-dealkylation sites (N-methyl/N-ethyl adjacent to an activating group) is 1. The normalized spacial score (nSPS) is 12.5. The number of nitrogens with zero attached hydrogens (tertiary/aromatic N) is 1. The maximum Gasteiger partial charge on any atom is 0.241 e. The zero-order valence-corrected chi connectivity index (χ0v) is 14.1. The Morgan fingerprint density at radius 1 is 1.08 bits per heavy atom. The van der Waals surface area contributed by atoms with E-state index in [0.29, 0.717) is 6.54 Å². The van der Waals surface area contributed by atoms with E-state index in [1.54, 1.807) is 0 Å². The smallest absolute Gasteiger partial charge is 0.241 e. The molecule has 0 aliphatic carbocycles. The molecule has 0 aliphatic heterocycles. The van der Waals surface area contributed by atoms with Crippen molar-refractivity contribution >= 4 is 16.8 Å². The molecule has 1 aromatic heterocycles. The fourth-order valence-corrected chi connectivity index (χ4v) is 3.07. The fraction of sp³-hybridized carbons (Fsp3) is 0.250. The SMILES string of the molecule is CN(C)C(C(=O)NCCc1c[nH]c2ccccc12)c1ccccc1. The number of hydrogen-bond acceptors (Lipinski definition) is 2. The van der Waals surface area contributed by atoms with E-state index in [1.807, 2.05) is 67.7 Å². The summed E-state index contributed by atoms with van der Waals surface area (Å²) in [5, 5.41) is 4.29. The molecule has 2 aromatic carbocycles. The van der Waals surface area contributed by atoms with E-state index in [9.17, 15) is 4.79 Å². The molecule has 2 N–H and O–H groups in total. The van der Waals surface area contributed by atoms with Crippen molar-refractivity contribution in [2.45, 2.75) is 12.5 Å². The molecule has 1 amide bonds. The molecule has 4 heteroatoms.